The molecule has 0 N–H and O–H groups in total. The Balaban J connectivity index is 0.000000439. The van der Waals surface area contributed by atoms with Crippen LogP contribution in [0.5, 0.6) is 0 Å². The van der Waals surface area contributed by atoms with E-state index in [1.54, 1.807) is 37.2 Å². The molecule has 0 spiro atoms. The minimum Gasteiger partial charge on any atom is -0.472 e. The molecule has 11 heteroatoms. The van der Waals surface area contributed by atoms with Gasteiger partial charge < -0.3 is 8.83 Å². The molecule has 2 unspecified atom stereocenters. The number of nitro groups is 1. The van der Waals surface area contributed by atoms with Crippen molar-refractivity contribution in [1.82, 2.24) is 0 Å². The summed E-state index contributed by atoms with van der Waals surface area (Å²) < 4.78 is 47.1. The maximum Gasteiger partial charge on any atom is 0.279 e. The summed E-state index contributed by atoms with van der Waals surface area (Å²) >= 11 is 0. The van der Waals surface area contributed by atoms with Crippen molar-refractivity contribution in [3.05, 3.63) is 118 Å². The molecule has 0 amide bonds. The van der Waals surface area contributed by atoms with Crippen LogP contribution in [0.1, 0.15) is 46.3 Å². The molecule has 2 aliphatic heterocycles. The van der Waals surface area contributed by atoms with E-state index in [1.807, 2.05) is 36.5 Å². The monoisotopic (exact) mass is 484 g/mol. The number of hydrogen-bond donors (Lipinski definition) is 0. The second-order valence-electron chi connectivity index (χ2n) is 8.10. The van der Waals surface area contributed by atoms with Crippen molar-refractivity contribution in [1.29, 1.82) is 0 Å². The number of nitro benzene ring substituents is 1. The van der Waals surface area contributed by atoms with Crippen LogP contribution in [0.15, 0.2) is 88.6 Å². The molecular weight excluding hydrogens is 468 g/mol. The quantitative estimate of drug-likeness (QED) is 0.218. The molecule has 4 aromatic rings. The largest absolute Gasteiger partial charge is 0.472 e. The summed E-state index contributed by atoms with van der Waals surface area (Å²) in [6.45, 7) is 0. The molecule has 7 rings (SSSR count). The molecule has 34 heavy (non-hydrogen) atoms. The maximum absolute atomic E-state index is 11.8. The van der Waals surface area contributed by atoms with E-state index in [0.717, 1.165) is 27.9 Å². The third-order valence-electron chi connectivity index (χ3n) is 6.59. The lowest BCUT2D eigenvalue weighted by Gasteiger charge is -2.48. The predicted molar refractivity (Wildman–Crippen MR) is 103 cm³/mol. The van der Waals surface area contributed by atoms with E-state index in [1.165, 1.54) is 0 Å². The van der Waals surface area contributed by atoms with Gasteiger partial charge in [-0.2, -0.15) is 4.57 Å². The van der Waals surface area contributed by atoms with Crippen molar-refractivity contribution in [2.24, 2.45) is 0 Å². The van der Waals surface area contributed by atoms with Crippen LogP contribution < -0.4 is 23.2 Å². The summed E-state index contributed by atoms with van der Waals surface area (Å²) in [6, 6.07) is 15.4. The van der Waals surface area contributed by atoms with Gasteiger partial charge in [-0.3, -0.25) is 10.1 Å². The van der Waals surface area contributed by atoms with Gasteiger partial charge in [0.15, 0.2) is 17.9 Å². The van der Waals surface area contributed by atoms with Crippen LogP contribution in [0.2, 0.25) is 0 Å². The number of benzene rings is 1. The van der Waals surface area contributed by atoms with E-state index in [-0.39, 0.29) is 22.6 Å². The van der Waals surface area contributed by atoms with E-state index in [9.17, 15) is 10.1 Å². The molecule has 3 aliphatic rings. The van der Waals surface area contributed by atoms with Gasteiger partial charge in [-0.15, -0.1) is 10.2 Å². The fourth-order valence-electron chi connectivity index (χ4n) is 5.55. The molecule has 1 aliphatic carbocycles. The van der Waals surface area contributed by atoms with Gasteiger partial charge in [0, 0.05) is 35.7 Å². The standard InChI is InChI=1S/C23H17N2O4.ClHO4/c26-25(27)18-6-3-4-17-21(18)20-12-23(15-7-10-28-13-15,16-8-11-29-14-16)22(17)19-5-1-2-9-24(19)20;2-1(3,4)5/h1-11,13-14,20,22H,12H2;(H,2,3,4,5)/q+1;/p-1. The number of furan rings is 2. The highest BCUT2D eigenvalue weighted by Gasteiger charge is 2.61. The Bertz CT molecular complexity index is 1290. The zero-order chi connectivity index (χ0) is 24.1. The number of hydrogen-bond acceptors (Lipinski definition) is 8. The van der Waals surface area contributed by atoms with Gasteiger partial charge in [0.1, 0.15) is 5.56 Å². The Morgan fingerprint density at radius 2 is 1.59 bits per heavy atom. The Morgan fingerprint density at radius 3 is 2.15 bits per heavy atom. The van der Waals surface area contributed by atoms with Gasteiger partial charge in [0.05, 0.1) is 41.3 Å². The molecule has 0 radical (unpaired) electrons. The molecule has 1 aromatic carbocycles. The summed E-state index contributed by atoms with van der Waals surface area (Å²) in [4.78, 5) is 11.6. The van der Waals surface area contributed by atoms with Crippen molar-refractivity contribution < 1.29 is 47.2 Å². The minimum absolute atomic E-state index is 0.0983. The molecule has 0 fully saturated rings. The fraction of sp³-hybridized carbons (Fsp3) is 0.174. The van der Waals surface area contributed by atoms with Crippen LogP contribution in [0, 0.1) is 20.4 Å². The minimum atomic E-state index is -4.94. The number of rotatable bonds is 3. The number of aromatic nitrogens is 1. The summed E-state index contributed by atoms with van der Waals surface area (Å²) in [5.41, 5.74) is 4.83. The summed E-state index contributed by atoms with van der Waals surface area (Å²) in [7, 11) is -4.94. The van der Waals surface area contributed by atoms with Crippen molar-refractivity contribution in [2.75, 3.05) is 0 Å². The van der Waals surface area contributed by atoms with Crippen LogP contribution >= 0.6 is 0 Å². The first kappa shape index (κ1) is 22.3. The van der Waals surface area contributed by atoms with Gasteiger partial charge in [0.2, 0.25) is 0 Å². The number of nitrogens with zero attached hydrogens (tertiary/aromatic N) is 2. The highest BCUT2D eigenvalue weighted by molar-refractivity contribution is 5.59. The molecule has 0 saturated heterocycles. The lowest BCUT2D eigenvalue weighted by molar-refractivity contribution is -2.00. The SMILES string of the molecule is O=[N+]([O-])c1cccc2c1C1CC(c3ccoc3)(c3ccoc3)C2c2cccc[n+]21.[O-][Cl+3]([O-])([O-])[O-]. The average molecular weight is 485 g/mol. The molecule has 2 atom stereocenters. The molecule has 0 saturated carbocycles. The normalized spacial score (nSPS) is 19.5. The van der Waals surface area contributed by atoms with Crippen LogP contribution in [0.4, 0.5) is 5.69 Å². The predicted octanol–water partition coefficient (Wildman–Crippen LogP) is -0.263. The fourth-order valence-corrected chi connectivity index (χ4v) is 5.55. The van der Waals surface area contributed by atoms with E-state index in [4.69, 9.17) is 27.5 Å². The van der Waals surface area contributed by atoms with Crippen LogP contribution in [0.25, 0.3) is 0 Å². The second-order valence-corrected chi connectivity index (χ2v) is 8.85. The zero-order valence-electron chi connectivity index (χ0n) is 17.4. The first-order chi connectivity index (χ1) is 16.2. The van der Waals surface area contributed by atoms with Crippen LogP contribution in [-0.2, 0) is 5.41 Å². The van der Waals surface area contributed by atoms with Gasteiger partial charge in [-0.1, -0.05) is 18.2 Å². The van der Waals surface area contributed by atoms with Crippen molar-refractivity contribution in [2.45, 2.75) is 23.8 Å². The number of halogens is 1. The summed E-state index contributed by atoms with van der Waals surface area (Å²) in [6.07, 6.45) is 9.67. The third-order valence-corrected chi connectivity index (χ3v) is 6.59. The van der Waals surface area contributed by atoms with Crippen LogP contribution in [0.3, 0.4) is 0 Å². The molecule has 2 bridgehead atoms. The number of pyridine rings is 1. The second kappa shape index (κ2) is 8.05. The number of fused-ring (bicyclic) bond motifs is 1. The molecule has 174 valence electrons. The van der Waals surface area contributed by atoms with Crippen molar-refractivity contribution in [3.63, 3.8) is 0 Å². The van der Waals surface area contributed by atoms with Gasteiger partial charge in [0.25, 0.3) is 5.69 Å². The summed E-state index contributed by atoms with van der Waals surface area (Å²) in [5.74, 6) is -0.0983. The lowest BCUT2D eigenvalue weighted by atomic mass is 9.54. The average Bonchev–Trinajstić information content (AvgIpc) is 3.52. The third kappa shape index (κ3) is 3.49. The molecule has 3 aromatic heterocycles. The van der Waals surface area contributed by atoms with E-state index < -0.39 is 15.7 Å². The van der Waals surface area contributed by atoms with E-state index in [2.05, 4.69) is 10.6 Å². The topological polar surface area (TPSA) is 166 Å². The Morgan fingerprint density at radius 1 is 0.941 bits per heavy atom. The molecule has 10 nitrogen and oxygen atoms in total. The smallest absolute Gasteiger partial charge is 0.279 e. The maximum atomic E-state index is 11.8. The highest BCUT2D eigenvalue weighted by Crippen LogP contribution is 2.60. The Kier molecular flexibility index (Phi) is 5.27. The highest BCUT2D eigenvalue weighted by atomic mass is 35.7. The zero-order valence-corrected chi connectivity index (χ0v) is 18.2. The first-order valence-electron chi connectivity index (χ1n) is 10.2. The molecular formula is C23H17ClN2O8. The van der Waals surface area contributed by atoms with Crippen LogP contribution in [-0.4, -0.2) is 4.92 Å². The van der Waals surface area contributed by atoms with E-state index in [0.29, 0.717) is 6.42 Å². The van der Waals surface area contributed by atoms with Crippen molar-refractivity contribution in [3.8, 4) is 0 Å². The Labute approximate surface area is 194 Å². The van der Waals surface area contributed by atoms with Gasteiger partial charge in [-0.05, 0) is 17.7 Å². The Hall–Kier alpha value is -3.54. The summed E-state index contributed by atoms with van der Waals surface area (Å²) in [5, 5.41) is 11.8. The first-order valence-corrected chi connectivity index (χ1v) is 11.4. The molecule has 5 heterocycles. The van der Waals surface area contributed by atoms with Gasteiger partial charge >= 0.3 is 0 Å². The van der Waals surface area contributed by atoms with Gasteiger partial charge in [-0.25, -0.2) is 18.6 Å². The lowest BCUT2D eigenvalue weighted by Crippen LogP contribution is -2.68. The van der Waals surface area contributed by atoms with Crippen molar-refractivity contribution >= 4 is 5.69 Å². The van der Waals surface area contributed by atoms with E-state index >= 15 is 0 Å².